The van der Waals surface area contributed by atoms with Crippen LogP contribution in [0.2, 0.25) is 0 Å². The van der Waals surface area contributed by atoms with Crippen LogP contribution in [0.3, 0.4) is 0 Å². The van der Waals surface area contributed by atoms with E-state index in [0.717, 1.165) is 11.8 Å². The topological polar surface area (TPSA) is 35.8 Å². The summed E-state index contributed by atoms with van der Waals surface area (Å²) in [6.07, 6.45) is 5.08. The van der Waals surface area contributed by atoms with Crippen LogP contribution in [0.5, 0.6) is 0 Å². The van der Waals surface area contributed by atoms with Gasteiger partial charge in [0.25, 0.3) is 0 Å². The van der Waals surface area contributed by atoms with E-state index in [1.54, 1.807) is 6.07 Å². The van der Waals surface area contributed by atoms with Gasteiger partial charge in [-0.1, -0.05) is 6.42 Å². The maximum absolute atomic E-state index is 13.9. The summed E-state index contributed by atoms with van der Waals surface area (Å²) in [5.74, 6) is 0.106. The number of fused-ring (bicyclic) bond motifs is 2. The van der Waals surface area contributed by atoms with Gasteiger partial charge in [0, 0.05) is 6.04 Å². The Morgan fingerprint density at radius 1 is 1.25 bits per heavy atom. The summed E-state index contributed by atoms with van der Waals surface area (Å²) in [5, 5.41) is 11.8. The maximum atomic E-state index is 13.9. The van der Waals surface area contributed by atoms with E-state index >= 15 is 0 Å². The van der Waals surface area contributed by atoms with E-state index in [-0.39, 0.29) is 17.3 Å². The molecule has 1 aromatic carbocycles. The normalized spacial score (nSPS) is 29.2. The average molecular weight is 276 g/mol. The number of benzene rings is 1. The van der Waals surface area contributed by atoms with Gasteiger partial charge >= 0.3 is 0 Å². The molecule has 2 nitrogen and oxygen atoms in total. The fourth-order valence-electron chi connectivity index (χ4n) is 4.01. The van der Waals surface area contributed by atoms with Gasteiger partial charge < -0.3 is 5.32 Å². The van der Waals surface area contributed by atoms with Crippen LogP contribution in [0.25, 0.3) is 0 Å². The molecule has 0 aromatic heterocycles. The largest absolute Gasteiger partial charge is 0.380 e. The van der Waals surface area contributed by atoms with E-state index in [9.17, 15) is 8.78 Å². The molecule has 2 aliphatic rings. The molecule has 0 radical (unpaired) electrons. The van der Waals surface area contributed by atoms with Crippen LogP contribution < -0.4 is 5.32 Å². The predicted octanol–water partition coefficient (Wildman–Crippen LogP) is 4.07. The summed E-state index contributed by atoms with van der Waals surface area (Å²) in [6.45, 7) is 2.04. The number of hydrogen-bond donors (Lipinski definition) is 1. The summed E-state index contributed by atoms with van der Waals surface area (Å²) < 4.78 is 27.5. The van der Waals surface area contributed by atoms with Gasteiger partial charge in [-0.2, -0.15) is 5.26 Å². The summed E-state index contributed by atoms with van der Waals surface area (Å²) in [5.41, 5.74) is -0.0857. The molecule has 4 heteroatoms. The van der Waals surface area contributed by atoms with Crippen LogP contribution in [0.4, 0.5) is 14.5 Å². The smallest absolute Gasteiger partial charge is 0.183 e. The second-order valence-corrected chi connectivity index (χ2v) is 6.17. The molecule has 0 spiro atoms. The number of hydrogen-bond acceptors (Lipinski definition) is 2. The Kier molecular flexibility index (Phi) is 3.37. The van der Waals surface area contributed by atoms with Crippen LogP contribution in [0.1, 0.15) is 38.2 Å². The Labute approximate surface area is 117 Å². The molecule has 106 valence electrons. The monoisotopic (exact) mass is 276 g/mol. The van der Waals surface area contributed by atoms with Crippen molar-refractivity contribution >= 4 is 5.69 Å². The first-order valence-electron chi connectivity index (χ1n) is 7.24. The Bertz CT molecular complexity index is 564. The molecular formula is C16H18F2N2. The van der Waals surface area contributed by atoms with E-state index < -0.39 is 11.6 Å². The van der Waals surface area contributed by atoms with Crippen molar-refractivity contribution in [3.05, 3.63) is 29.3 Å². The van der Waals surface area contributed by atoms with Crippen LogP contribution >= 0.6 is 0 Å². The molecule has 2 saturated carbocycles. The Hall–Kier alpha value is -1.63. The lowest BCUT2D eigenvalue weighted by Gasteiger charge is -2.29. The zero-order valence-corrected chi connectivity index (χ0v) is 11.5. The van der Waals surface area contributed by atoms with E-state index in [0.29, 0.717) is 5.92 Å². The van der Waals surface area contributed by atoms with Gasteiger partial charge in [-0.3, -0.25) is 0 Å². The van der Waals surface area contributed by atoms with E-state index in [2.05, 4.69) is 5.32 Å². The molecule has 1 aromatic rings. The first kappa shape index (κ1) is 13.4. The van der Waals surface area contributed by atoms with Gasteiger partial charge in [0.1, 0.15) is 6.07 Å². The lowest BCUT2D eigenvalue weighted by Crippen LogP contribution is -2.30. The van der Waals surface area contributed by atoms with Crippen LogP contribution in [0.15, 0.2) is 12.1 Å². The lowest BCUT2D eigenvalue weighted by molar-refractivity contribution is 0.303. The average Bonchev–Trinajstić information content (AvgIpc) is 3.06. The van der Waals surface area contributed by atoms with Crippen molar-refractivity contribution in [2.75, 3.05) is 5.32 Å². The van der Waals surface area contributed by atoms with Gasteiger partial charge in [0.15, 0.2) is 11.6 Å². The van der Waals surface area contributed by atoms with Crippen molar-refractivity contribution in [1.29, 1.82) is 5.26 Å². The van der Waals surface area contributed by atoms with Gasteiger partial charge in [0.2, 0.25) is 0 Å². The molecule has 4 atom stereocenters. The zero-order chi connectivity index (χ0) is 14.3. The maximum Gasteiger partial charge on any atom is 0.183 e. The number of nitriles is 1. The minimum Gasteiger partial charge on any atom is -0.380 e. The van der Waals surface area contributed by atoms with Crippen molar-refractivity contribution in [3.8, 4) is 6.07 Å². The van der Waals surface area contributed by atoms with Crippen LogP contribution in [0, 0.1) is 40.7 Å². The third-order valence-corrected chi connectivity index (χ3v) is 5.02. The lowest BCUT2D eigenvalue weighted by atomic mass is 9.84. The van der Waals surface area contributed by atoms with Crippen molar-refractivity contribution in [1.82, 2.24) is 0 Å². The van der Waals surface area contributed by atoms with Crippen molar-refractivity contribution < 1.29 is 8.78 Å². The minimum atomic E-state index is -1.06. The number of nitrogens with zero attached hydrogens (tertiary/aromatic N) is 1. The highest BCUT2D eigenvalue weighted by molar-refractivity contribution is 5.50. The van der Waals surface area contributed by atoms with Crippen LogP contribution in [-0.2, 0) is 0 Å². The first-order valence-corrected chi connectivity index (χ1v) is 7.24. The first-order chi connectivity index (χ1) is 9.60. The second-order valence-electron chi connectivity index (χ2n) is 6.17. The molecule has 0 saturated heterocycles. The number of halogens is 2. The minimum absolute atomic E-state index is 0.132. The molecule has 0 heterocycles. The Balaban J connectivity index is 1.75. The summed E-state index contributed by atoms with van der Waals surface area (Å²) in [7, 11) is 0. The molecule has 0 aliphatic heterocycles. The molecule has 2 bridgehead atoms. The zero-order valence-electron chi connectivity index (χ0n) is 11.5. The predicted molar refractivity (Wildman–Crippen MR) is 73.1 cm³/mol. The Morgan fingerprint density at radius 2 is 2.05 bits per heavy atom. The highest BCUT2D eigenvalue weighted by atomic mass is 19.2. The van der Waals surface area contributed by atoms with E-state index in [4.69, 9.17) is 5.26 Å². The number of anilines is 1. The SMILES string of the molecule is CC(Nc1ccc(C#N)c(F)c1F)C1CC2CCC1C2. The number of nitrogens with one attached hydrogen (secondary N) is 1. The van der Waals surface area contributed by atoms with Gasteiger partial charge in [-0.25, -0.2) is 8.78 Å². The molecule has 0 amide bonds. The standard InChI is InChI=1S/C16H18F2N2/c1-9(13-7-10-2-3-11(13)6-10)20-14-5-4-12(8-19)15(17)16(14)18/h4-5,9-11,13,20H,2-3,6-7H2,1H3. The van der Waals surface area contributed by atoms with E-state index in [1.807, 2.05) is 6.92 Å². The van der Waals surface area contributed by atoms with Gasteiger partial charge in [-0.05, 0) is 56.1 Å². The van der Waals surface area contributed by atoms with Crippen molar-refractivity contribution in [3.63, 3.8) is 0 Å². The highest BCUT2D eigenvalue weighted by Crippen LogP contribution is 2.49. The molecular weight excluding hydrogens is 258 g/mol. The molecule has 1 N–H and O–H groups in total. The van der Waals surface area contributed by atoms with Crippen molar-refractivity contribution in [2.24, 2.45) is 17.8 Å². The van der Waals surface area contributed by atoms with Crippen molar-refractivity contribution in [2.45, 2.75) is 38.6 Å². The summed E-state index contributed by atoms with van der Waals surface area (Å²) in [6, 6.07) is 4.57. The Morgan fingerprint density at radius 3 is 2.65 bits per heavy atom. The molecule has 2 fully saturated rings. The van der Waals surface area contributed by atoms with Gasteiger partial charge in [-0.15, -0.1) is 0 Å². The quantitative estimate of drug-likeness (QED) is 0.903. The third-order valence-electron chi connectivity index (χ3n) is 5.02. The molecule has 3 rings (SSSR count). The third kappa shape index (κ3) is 2.15. The van der Waals surface area contributed by atoms with Gasteiger partial charge in [0.05, 0.1) is 11.3 Å². The number of rotatable bonds is 3. The molecule has 4 unspecified atom stereocenters. The summed E-state index contributed by atoms with van der Waals surface area (Å²) in [4.78, 5) is 0. The van der Waals surface area contributed by atoms with Crippen LogP contribution in [-0.4, -0.2) is 6.04 Å². The fraction of sp³-hybridized carbons (Fsp3) is 0.562. The molecule has 20 heavy (non-hydrogen) atoms. The fourth-order valence-corrected chi connectivity index (χ4v) is 4.01. The van der Waals surface area contributed by atoms with E-state index in [1.165, 1.54) is 37.8 Å². The molecule has 2 aliphatic carbocycles. The highest BCUT2D eigenvalue weighted by Gasteiger charge is 2.41. The summed E-state index contributed by atoms with van der Waals surface area (Å²) >= 11 is 0. The second kappa shape index (κ2) is 5.05.